The lowest BCUT2D eigenvalue weighted by molar-refractivity contribution is 0.172. The lowest BCUT2D eigenvalue weighted by atomic mass is 9.99. The van der Waals surface area contributed by atoms with Crippen LogP contribution in [0.25, 0.3) is 0 Å². The van der Waals surface area contributed by atoms with Crippen molar-refractivity contribution < 1.29 is 0 Å². The number of H-pyrrole nitrogens is 2. The molecule has 1 aromatic rings. The van der Waals surface area contributed by atoms with Gasteiger partial charge in [-0.25, -0.2) is 9.89 Å². The van der Waals surface area contributed by atoms with E-state index in [1.54, 1.807) is 4.57 Å². The Kier molecular flexibility index (Phi) is 2.48. The number of fused-ring (bicyclic) bond motifs is 1. The molecule has 0 amide bonds. The maximum absolute atomic E-state index is 11.7. The molecule has 2 saturated heterocycles. The lowest BCUT2D eigenvalue weighted by Gasteiger charge is -2.32. The molecular formula is C10H16N4OS. The van der Waals surface area contributed by atoms with Crippen LogP contribution in [0.15, 0.2) is 4.79 Å². The van der Waals surface area contributed by atoms with Crippen LogP contribution in [0.2, 0.25) is 0 Å². The van der Waals surface area contributed by atoms with Crippen LogP contribution in [0.4, 0.5) is 0 Å². The summed E-state index contributed by atoms with van der Waals surface area (Å²) >= 11 is 5.16. The third-order valence-corrected chi connectivity index (χ3v) is 4.16. The van der Waals surface area contributed by atoms with Gasteiger partial charge in [-0.15, -0.1) is 0 Å². The number of rotatable bonds is 1. The topological polar surface area (TPSA) is 56.8 Å². The molecule has 2 unspecified atom stereocenters. The first-order chi connectivity index (χ1) is 7.77. The summed E-state index contributed by atoms with van der Waals surface area (Å²) in [5.41, 5.74) is -0.0950. The first-order valence-electron chi connectivity index (χ1n) is 5.90. The van der Waals surface area contributed by atoms with Crippen molar-refractivity contribution in [1.82, 2.24) is 19.7 Å². The smallest absolute Gasteiger partial charge is 0.298 e. The van der Waals surface area contributed by atoms with E-state index in [1.165, 1.54) is 25.8 Å². The third-order valence-electron chi connectivity index (χ3n) is 3.87. The Morgan fingerprint density at radius 2 is 2.00 bits per heavy atom. The fourth-order valence-electron chi connectivity index (χ4n) is 3.14. The number of aromatic nitrogens is 3. The van der Waals surface area contributed by atoms with Gasteiger partial charge in [0.05, 0.1) is 6.04 Å². The zero-order valence-corrected chi connectivity index (χ0v) is 9.92. The summed E-state index contributed by atoms with van der Waals surface area (Å²) in [6.45, 7) is 2.28. The monoisotopic (exact) mass is 240 g/mol. The van der Waals surface area contributed by atoms with Crippen LogP contribution in [0.1, 0.15) is 31.7 Å². The van der Waals surface area contributed by atoms with E-state index in [2.05, 4.69) is 15.1 Å². The molecule has 0 radical (unpaired) electrons. The van der Waals surface area contributed by atoms with Crippen LogP contribution in [-0.2, 0) is 0 Å². The molecule has 0 saturated carbocycles. The molecule has 2 aliphatic heterocycles. The molecule has 2 aliphatic rings. The van der Waals surface area contributed by atoms with Crippen molar-refractivity contribution in [3.8, 4) is 0 Å². The zero-order valence-electron chi connectivity index (χ0n) is 9.11. The van der Waals surface area contributed by atoms with E-state index in [0.717, 1.165) is 13.0 Å². The maximum Gasteiger partial charge on any atom is 0.342 e. The van der Waals surface area contributed by atoms with Crippen molar-refractivity contribution in [2.45, 2.75) is 37.8 Å². The largest absolute Gasteiger partial charge is 0.342 e. The fourth-order valence-corrected chi connectivity index (χ4v) is 3.41. The summed E-state index contributed by atoms with van der Waals surface area (Å²) in [6, 6.07) is 0.778. The van der Waals surface area contributed by atoms with Gasteiger partial charge in [0, 0.05) is 12.6 Å². The minimum Gasteiger partial charge on any atom is -0.298 e. The number of hydrogen-bond donors (Lipinski definition) is 2. The Labute approximate surface area is 98.4 Å². The second kappa shape index (κ2) is 3.85. The van der Waals surface area contributed by atoms with Crippen LogP contribution in [0.5, 0.6) is 0 Å². The summed E-state index contributed by atoms with van der Waals surface area (Å²) in [5, 5.41) is 5.30. The highest BCUT2D eigenvalue weighted by Crippen LogP contribution is 2.34. The lowest BCUT2D eigenvalue weighted by Crippen LogP contribution is -2.39. The molecule has 0 spiro atoms. The standard InChI is InChI=1S/C10H16N4OS/c15-9-11-12-10(16)14(9)8-4-6-13-5-2-1-3-7(8)13/h7-8H,1-6H2,(H,11,15)(H,12,16). The Balaban J connectivity index is 1.96. The van der Waals surface area contributed by atoms with Gasteiger partial charge in [0.1, 0.15) is 0 Å². The minimum absolute atomic E-state index is 0.0950. The predicted octanol–water partition coefficient (Wildman–Crippen LogP) is 1.03. The van der Waals surface area contributed by atoms with E-state index in [-0.39, 0.29) is 11.7 Å². The second-order valence-corrected chi connectivity index (χ2v) is 5.07. The van der Waals surface area contributed by atoms with Gasteiger partial charge >= 0.3 is 5.69 Å². The van der Waals surface area contributed by atoms with Crippen LogP contribution in [-0.4, -0.2) is 38.8 Å². The first-order valence-corrected chi connectivity index (χ1v) is 6.31. The molecule has 88 valence electrons. The summed E-state index contributed by atoms with van der Waals surface area (Å²) in [7, 11) is 0. The van der Waals surface area contributed by atoms with Gasteiger partial charge in [0.2, 0.25) is 0 Å². The normalized spacial score (nSPS) is 30.5. The van der Waals surface area contributed by atoms with Crippen LogP contribution in [0, 0.1) is 4.77 Å². The highest BCUT2D eigenvalue weighted by atomic mass is 32.1. The van der Waals surface area contributed by atoms with E-state index in [1.807, 2.05) is 0 Å². The van der Waals surface area contributed by atoms with Gasteiger partial charge in [0.15, 0.2) is 4.77 Å². The van der Waals surface area contributed by atoms with E-state index in [4.69, 9.17) is 12.2 Å². The average molecular weight is 240 g/mol. The van der Waals surface area contributed by atoms with Crippen molar-refractivity contribution in [3.63, 3.8) is 0 Å². The quantitative estimate of drug-likeness (QED) is 0.721. The number of aromatic amines is 2. The maximum atomic E-state index is 11.7. The molecule has 0 bridgehead atoms. The number of nitrogens with one attached hydrogen (secondary N) is 2. The van der Waals surface area contributed by atoms with Crippen molar-refractivity contribution in [2.24, 2.45) is 0 Å². The third kappa shape index (κ3) is 1.48. The second-order valence-electron chi connectivity index (χ2n) is 4.69. The summed E-state index contributed by atoms with van der Waals surface area (Å²) in [4.78, 5) is 14.2. The highest BCUT2D eigenvalue weighted by molar-refractivity contribution is 7.71. The Hall–Kier alpha value is -0.880. The first kappa shape index (κ1) is 10.3. The molecule has 2 atom stereocenters. The average Bonchev–Trinajstić information content (AvgIpc) is 2.83. The molecular weight excluding hydrogens is 224 g/mol. The van der Waals surface area contributed by atoms with Crippen molar-refractivity contribution in [3.05, 3.63) is 15.3 Å². The summed E-state index contributed by atoms with van der Waals surface area (Å²) < 4.78 is 2.26. The molecule has 2 fully saturated rings. The zero-order chi connectivity index (χ0) is 11.1. The van der Waals surface area contributed by atoms with Gasteiger partial charge in [-0.1, -0.05) is 6.42 Å². The van der Waals surface area contributed by atoms with Gasteiger partial charge < -0.3 is 0 Å². The van der Waals surface area contributed by atoms with Crippen molar-refractivity contribution >= 4 is 12.2 Å². The molecule has 6 heteroatoms. The van der Waals surface area contributed by atoms with Crippen molar-refractivity contribution in [2.75, 3.05) is 13.1 Å². The SMILES string of the molecule is O=c1[nH][nH]c(=S)n1C1CCN2CCCCC12. The number of hydrogen-bond acceptors (Lipinski definition) is 3. The Bertz CT molecular complexity index is 460. The van der Waals surface area contributed by atoms with Gasteiger partial charge in [0.25, 0.3) is 0 Å². The molecule has 2 N–H and O–H groups in total. The molecule has 0 aliphatic carbocycles. The summed E-state index contributed by atoms with van der Waals surface area (Å²) in [5.74, 6) is 0. The van der Waals surface area contributed by atoms with Gasteiger partial charge in [-0.05, 0) is 38.0 Å². The molecule has 1 aromatic heterocycles. The molecule has 16 heavy (non-hydrogen) atoms. The molecule has 3 rings (SSSR count). The molecule has 5 nitrogen and oxygen atoms in total. The van der Waals surface area contributed by atoms with E-state index < -0.39 is 0 Å². The minimum atomic E-state index is -0.0950. The van der Waals surface area contributed by atoms with Crippen LogP contribution in [0.3, 0.4) is 0 Å². The Morgan fingerprint density at radius 1 is 1.12 bits per heavy atom. The van der Waals surface area contributed by atoms with Crippen LogP contribution < -0.4 is 5.69 Å². The van der Waals surface area contributed by atoms with Gasteiger partial charge in [-0.2, -0.15) is 0 Å². The summed E-state index contributed by atoms with van der Waals surface area (Å²) in [6.07, 6.45) is 4.79. The van der Waals surface area contributed by atoms with Crippen molar-refractivity contribution in [1.29, 1.82) is 0 Å². The molecule has 0 aromatic carbocycles. The fraction of sp³-hybridized carbons (Fsp3) is 0.800. The highest BCUT2D eigenvalue weighted by Gasteiger charge is 2.37. The van der Waals surface area contributed by atoms with Gasteiger partial charge in [-0.3, -0.25) is 14.6 Å². The Morgan fingerprint density at radius 3 is 2.75 bits per heavy atom. The van der Waals surface area contributed by atoms with E-state index >= 15 is 0 Å². The predicted molar refractivity (Wildman–Crippen MR) is 63.1 cm³/mol. The van der Waals surface area contributed by atoms with Crippen LogP contribution >= 0.6 is 12.2 Å². The number of nitrogens with zero attached hydrogens (tertiary/aromatic N) is 2. The van der Waals surface area contributed by atoms with E-state index in [9.17, 15) is 4.79 Å². The van der Waals surface area contributed by atoms with E-state index in [0.29, 0.717) is 10.8 Å². The number of piperidine rings is 1. The molecule has 3 heterocycles.